The predicted molar refractivity (Wildman–Crippen MR) is 283 cm³/mol. The lowest BCUT2D eigenvalue weighted by atomic mass is 9.74. The van der Waals surface area contributed by atoms with Crippen LogP contribution in [0, 0.1) is 0 Å². The molecule has 1 aliphatic carbocycles. The Morgan fingerprint density at radius 3 is 1.58 bits per heavy atom. The van der Waals surface area contributed by atoms with Gasteiger partial charge >= 0.3 is 0 Å². The van der Waals surface area contributed by atoms with Crippen molar-refractivity contribution in [3.63, 3.8) is 0 Å². The summed E-state index contributed by atoms with van der Waals surface area (Å²) in [5.74, 6) is 0. The normalized spacial score (nSPS) is 13.8. The first-order valence-electron chi connectivity index (χ1n) is 23.2. The predicted octanol–water partition coefficient (Wildman–Crippen LogP) is 18.0. The molecule has 11 aromatic rings. The van der Waals surface area contributed by atoms with E-state index in [1.807, 2.05) is 0 Å². The Hall–Kier alpha value is -8.52. The van der Waals surface area contributed by atoms with Crippen LogP contribution in [-0.2, 0) is 5.41 Å². The van der Waals surface area contributed by atoms with E-state index in [9.17, 15) is 0 Å². The minimum Gasteiger partial charge on any atom is -0.310 e. The summed E-state index contributed by atoms with van der Waals surface area (Å²) in [6.07, 6.45) is 0. The summed E-state index contributed by atoms with van der Waals surface area (Å²) in [6.45, 7) is 2.39. The van der Waals surface area contributed by atoms with Crippen LogP contribution in [0.2, 0.25) is 0 Å². The zero-order valence-corrected chi connectivity index (χ0v) is 37.4. The van der Waals surface area contributed by atoms with Crippen molar-refractivity contribution in [1.29, 1.82) is 0 Å². The average molecular weight is 854 g/mol. The number of nitrogens with zero attached hydrogens (tertiary/aromatic N) is 1. The maximum atomic E-state index is 2.43. The van der Waals surface area contributed by atoms with Crippen molar-refractivity contribution in [3.8, 4) is 66.8 Å². The third-order valence-electron chi connectivity index (χ3n) is 14.0. The van der Waals surface area contributed by atoms with Crippen molar-refractivity contribution in [2.75, 3.05) is 4.90 Å². The molecular weight excluding hydrogens is 807 g/mol. The second-order valence-electron chi connectivity index (χ2n) is 17.8. The zero-order valence-electron chi connectivity index (χ0n) is 37.4. The van der Waals surface area contributed by atoms with Crippen LogP contribution in [0.5, 0.6) is 0 Å². The molecule has 1 unspecified atom stereocenters. The van der Waals surface area contributed by atoms with Gasteiger partial charge in [-0.25, -0.2) is 0 Å². The van der Waals surface area contributed by atoms with Crippen LogP contribution >= 0.6 is 0 Å². The second kappa shape index (κ2) is 16.8. The van der Waals surface area contributed by atoms with Gasteiger partial charge in [-0.05, 0) is 132 Å². The molecule has 1 heteroatoms. The Labute approximate surface area is 393 Å². The molecule has 0 bridgehead atoms. The van der Waals surface area contributed by atoms with Crippen molar-refractivity contribution >= 4 is 27.8 Å². The number of hydrogen-bond acceptors (Lipinski definition) is 1. The van der Waals surface area contributed by atoms with E-state index >= 15 is 0 Å². The van der Waals surface area contributed by atoms with Gasteiger partial charge in [0.2, 0.25) is 0 Å². The van der Waals surface area contributed by atoms with Crippen LogP contribution in [0.15, 0.2) is 267 Å². The van der Waals surface area contributed by atoms with Gasteiger partial charge in [-0.3, -0.25) is 0 Å². The van der Waals surface area contributed by atoms with Crippen LogP contribution in [0.4, 0.5) is 17.1 Å². The largest absolute Gasteiger partial charge is 0.310 e. The lowest BCUT2D eigenvalue weighted by Crippen LogP contribution is -2.22. The topological polar surface area (TPSA) is 3.24 Å². The number of benzene rings is 11. The second-order valence-corrected chi connectivity index (χ2v) is 17.8. The third kappa shape index (κ3) is 7.04. The fourth-order valence-corrected chi connectivity index (χ4v) is 10.6. The van der Waals surface area contributed by atoms with Gasteiger partial charge in [-0.15, -0.1) is 0 Å². The number of rotatable bonds is 9. The van der Waals surface area contributed by atoms with Gasteiger partial charge in [0.25, 0.3) is 0 Å². The van der Waals surface area contributed by atoms with Gasteiger partial charge < -0.3 is 4.90 Å². The summed E-state index contributed by atoms with van der Waals surface area (Å²) < 4.78 is 0. The van der Waals surface area contributed by atoms with Crippen molar-refractivity contribution in [1.82, 2.24) is 0 Å². The highest BCUT2D eigenvalue weighted by Gasteiger charge is 2.41. The van der Waals surface area contributed by atoms with E-state index in [2.05, 4.69) is 279 Å². The quantitative estimate of drug-likeness (QED) is 0.140. The van der Waals surface area contributed by atoms with E-state index in [1.165, 1.54) is 77.5 Å². The molecule has 0 spiro atoms. The summed E-state index contributed by atoms with van der Waals surface area (Å²) in [5.41, 5.74) is 21.6. The van der Waals surface area contributed by atoms with Crippen LogP contribution in [-0.4, -0.2) is 0 Å². The molecule has 316 valence electrons. The molecule has 1 aliphatic rings. The summed E-state index contributed by atoms with van der Waals surface area (Å²) in [6, 6.07) is 97.7. The van der Waals surface area contributed by atoms with Crippen molar-refractivity contribution < 1.29 is 0 Å². The fourth-order valence-electron chi connectivity index (χ4n) is 10.6. The van der Waals surface area contributed by atoms with E-state index in [4.69, 9.17) is 0 Å². The average Bonchev–Trinajstić information content (AvgIpc) is 3.68. The molecule has 0 aliphatic heterocycles. The molecule has 1 nitrogen and oxygen atoms in total. The molecule has 67 heavy (non-hydrogen) atoms. The van der Waals surface area contributed by atoms with Gasteiger partial charge in [0.05, 0.1) is 5.69 Å². The highest BCUT2D eigenvalue weighted by Crippen LogP contribution is 2.55. The van der Waals surface area contributed by atoms with Gasteiger partial charge in [-0.1, -0.05) is 231 Å². The summed E-state index contributed by atoms with van der Waals surface area (Å²) in [7, 11) is 0. The van der Waals surface area contributed by atoms with Crippen molar-refractivity contribution in [2.45, 2.75) is 12.3 Å². The number of anilines is 3. The lowest BCUT2D eigenvalue weighted by molar-refractivity contribution is 0.714. The molecule has 0 amide bonds. The Morgan fingerprint density at radius 2 is 0.791 bits per heavy atom. The van der Waals surface area contributed by atoms with Crippen molar-refractivity contribution in [2.24, 2.45) is 0 Å². The Bertz CT molecular complexity index is 3570. The van der Waals surface area contributed by atoms with Gasteiger partial charge in [0, 0.05) is 22.4 Å². The first kappa shape index (κ1) is 40.0. The van der Waals surface area contributed by atoms with Crippen LogP contribution < -0.4 is 4.90 Å². The number of fused-ring (bicyclic) bond motifs is 4. The van der Waals surface area contributed by atoms with E-state index in [1.54, 1.807) is 0 Å². The van der Waals surface area contributed by atoms with E-state index in [0.717, 1.165) is 33.8 Å². The van der Waals surface area contributed by atoms with Crippen LogP contribution in [0.1, 0.15) is 23.6 Å². The van der Waals surface area contributed by atoms with Crippen LogP contribution in [0.3, 0.4) is 0 Å². The Kier molecular flexibility index (Phi) is 10.0. The summed E-state index contributed by atoms with van der Waals surface area (Å²) >= 11 is 0. The number of para-hydroxylation sites is 1. The van der Waals surface area contributed by atoms with Gasteiger partial charge in [0.1, 0.15) is 0 Å². The molecule has 0 fully saturated rings. The van der Waals surface area contributed by atoms with Gasteiger partial charge in [0.15, 0.2) is 0 Å². The lowest BCUT2D eigenvalue weighted by Gasteiger charge is -2.29. The first-order chi connectivity index (χ1) is 33.1. The summed E-state index contributed by atoms with van der Waals surface area (Å²) in [4.78, 5) is 2.43. The molecule has 1 atom stereocenters. The molecular formula is C66H47N. The van der Waals surface area contributed by atoms with Gasteiger partial charge in [-0.2, -0.15) is 0 Å². The SMILES string of the molecule is CC1(c2ccccc2)c2ccccc2-c2c(-c3ccc(N(c4cccc(-c5cccc(-c6ccccc6)c5)c4)c4ccccc4-c4ccc(-c5cccc6ccccc56)cc4)cc3)cccc21. The monoisotopic (exact) mass is 853 g/mol. The van der Waals surface area contributed by atoms with Crippen LogP contribution in [0.25, 0.3) is 77.5 Å². The highest BCUT2D eigenvalue weighted by atomic mass is 15.1. The minimum absolute atomic E-state index is 0.262. The maximum absolute atomic E-state index is 2.43. The molecule has 11 aromatic carbocycles. The minimum atomic E-state index is -0.262. The molecule has 0 radical (unpaired) electrons. The zero-order chi connectivity index (χ0) is 44.7. The molecule has 0 saturated heterocycles. The summed E-state index contributed by atoms with van der Waals surface area (Å²) in [5, 5.41) is 2.51. The molecule has 0 N–H and O–H groups in total. The Balaban J connectivity index is 0.981. The first-order valence-corrected chi connectivity index (χ1v) is 23.2. The van der Waals surface area contributed by atoms with Crippen molar-refractivity contribution in [3.05, 3.63) is 284 Å². The maximum Gasteiger partial charge on any atom is 0.0540 e. The molecule has 12 rings (SSSR count). The molecule has 0 aromatic heterocycles. The highest BCUT2D eigenvalue weighted by molar-refractivity contribution is 5.98. The standard InChI is InChI=1S/C66H47N/c1-66(54-25-6-3-7-26-54)62-33-12-10-30-61(62)65-60(32-17-34-63(65)66)50-40-42-55(43-41-50)67(56-27-15-24-53(45-56)52-23-14-22-51(44-52)46-18-4-2-5-19-46)64-35-13-11-29-59(64)49-38-36-48(37-39-49)58-31-16-21-47-20-8-9-28-57(47)58/h2-45H,1H3. The van der Waals surface area contributed by atoms with E-state index in [0.29, 0.717) is 0 Å². The van der Waals surface area contributed by atoms with E-state index in [-0.39, 0.29) is 5.41 Å². The molecule has 0 heterocycles. The smallest absolute Gasteiger partial charge is 0.0540 e. The molecule has 0 saturated carbocycles. The fraction of sp³-hybridized carbons (Fsp3) is 0.0303. The Morgan fingerprint density at radius 1 is 0.299 bits per heavy atom. The third-order valence-corrected chi connectivity index (χ3v) is 14.0. The van der Waals surface area contributed by atoms with E-state index < -0.39 is 0 Å². The number of hydrogen-bond donors (Lipinski definition) is 0.